The first-order valence-corrected chi connectivity index (χ1v) is 8.70. The SMILES string of the molecule is O=C(Nc1cc(S)cc(=S)[nH]1)c1cc(Oc2cncc(F)c2)cn2ncnc12. The van der Waals surface area contributed by atoms with Gasteiger partial charge in [0.1, 0.15) is 34.1 Å². The van der Waals surface area contributed by atoms with Crippen molar-refractivity contribution in [2.75, 3.05) is 5.32 Å². The second-order valence-electron chi connectivity index (χ2n) is 5.63. The Balaban J connectivity index is 1.70. The number of hydrogen-bond donors (Lipinski definition) is 3. The number of carbonyl (C=O) groups excluding carboxylic acids is 1. The molecule has 4 rings (SSSR count). The number of aromatic amines is 1. The highest BCUT2D eigenvalue weighted by Crippen LogP contribution is 2.24. The molecule has 4 aromatic heterocycles. The lowest BCUT2D eigenvalue weighted by molar-refractivity contribution is 0.102. The Labute approximate surface area is 167 Å². The molecule has 4 heterocycles. The number of halogens is 1. The molecule has 0 spiro atoms. The predicted molar refractivity (Wildman–Crippen MR) is 104 cm³/mol. The third-order valence-electron chi connectivity index (χ3n) is 3.59. The van der Waals surface area contributed by atoms with Crippen LogP contribution in [0.4, 0.5) is 10.2 Å². The van der Waals surface area contributed by atoms with Gasteiger partial charge in [-0.25, -0.2) is 13.9 Å². The summed E-state index contributed by atoms with van der Waals surface area (Å²) < 4.78 is 20.7. The molecule has 11 heteroatoms. The van der Waals surface area contributed by atoms with Gasteiger partial charge in [0.2, 0.25) is 0 Å². The molecular formula is C17H11FN6O2S2. The predicted octanol–water partition coefficient (Wildman–Crippen LogP) is 3.65. The van der Waals surface area contributed by atoms with Crippen LogP contribution in [0.2, 0.25) is 0 Å². The molecule has 0 unspecified atom stereocenters. The first-order chi connectivity index (χ1) is 13.5. The molecule has 0 saturated carbocycles. The van der Waals surface area contributed by atoms with Crippen molar-refractivity contribution in [3.05, 3.63) is 65.2 Å². The number of nitrogens with one attached hydrogen (secondary N) is 2. The average molecular weight is 414 g/mol. The van der Waals surface area contributed by atoms with Crippen LogP contribution in [-0.2, 0) is 0 Å². The van der Waals surface area contributed by atoms with Gasteiger partial charge in [0.25, 0.3) is 5.91 Å². The van der Waals surface area contributed by atoms with Crippen LogP contribution in [0.5, 0.6) is 11.5 Å². The van der Waals surface area contributed by atoms with E-state index in [-0.39, 0.29) is 17.1 Å². The molecular weight excluding hydrogens is 403 g/mol. The van der Waals surface area contributed by atoms with Gasteiger partial charge in [-0.15, -0.1) is 12.6 Å². The summed E-state index contributed by atoms with van der Waals surface area (Å²) >= 11 is 9.33. The van der Waals surface area contributed by atoms with E-state index in [1.165, 1.54) is 35.4 Å². The highest BCUT2D eigenvalue weighted by molar-refractivity contribution is 7.80. The molecule has 8 nitrogen and oxygen atoms in total. The number of hydrogen-bond acceptors (Lipinski definition) is 7. The Morgan fingerprint density at radius 3 is 2.89 bits per heavy atom. The summed E-state index contributed by atoms with van der Waals surface area (Å²) in [6.45, 7) is 0. The van der Waals surface area contributed by atoms with Gasteiger partial charge < -0.3 is 15.0 Å². The Hall–Kier alpha value is -3.31. The molecule has 0 aromatic carbocycles. The van der Waals surface area contributed by atoms with Crippen molar-refractivity contribution >= 4 is 42.2 Å². The van der Waals surface area contributed by atoms with Gasteiger partial charge in [-0.3, -0.25) is 9.78 Å². The number of rotatable bonds is 4. The van der Waals surface area contributed by atoms with E-state index in [1.54, 1.807) is 12.1 Å². The van der Waals surface area contributed by atoms with E-state index in [4.69, 9.17) is 17.0 Å². The number of ether oxygens (including phenoxy) is 1. The van der Waals surface area contributed by atoms with E-state index in [0.717, 1.165) is 6.20 Å². The standard InChI is InChI=1S/C17H11FN6O2S2/c18-9-1-10(6-19-5-9)26-11-2-13(16-20-8-21-24(16)7-11)17(25)23-14-3-12(27)4-15(28)22-14/h1-8H,(H3,22,23,25,27,28). The summed E-state index contributed by atoms with van der Waals surface area (Å²) in [5.41, 5.74) is 0.520. The maximum Gasteiger partial charge on any atom is 0.260 e. The lowest BCUT2D eigenvalue weighted by Crippen LogP contribution is -2.15. The largest absolute Gasteiger partial charge is 0.454 e. The van der Waals surface area contributed by atoms with Crippen molar-refractivity contribution in [3.8, 4) is 11.5 Å². The van der Waals surface area contributed by atoms with E-state index < -0.39 is 11.7 Å². The fourth-order valence-corrected chi connectivity index (χ4v) is 3.08. The number of fused-ring (bicyclic) bond motifs is 1. The fraction of sp³-hybridized carbons (Fsp3) is 0. The van der Waals surface area contributed by atoms with Gasteiger partial charge in [0.05, 0.1) is 24.2 Å². The first kappa shape index (κ1) is 18.1. The number of pyridine rings is 3. The topological polar surface area (TPSA) is 97.2 Å². The quantitative estimate of drug-likeness (QED) is 0.348. The summed E-state index contributed by atoms with van der Waals surface area (Å²) in [4.78, 5) is 24.1. The van der Waals surface area contributed by atoms with E-state index in [0.29, 0.717) is 21.0 Å². The summed E-state index contributed by atoms with van der Waals surface area (Å²) in [5.74, 6) is -0.200. The number of H-pyrrole nitrogens is 1. The van der Waals surface area contributed by atoms with Crippen molar-refractivity contribution in [2.24, 2.45) is 0 Å². The number of thiol groups is 1. The number of aromatic nitrogens is 5. The zero-order valence-corrected chi connectivity index (χ0v) is 15.7. The fourth-order valence-electron chi connectivity index (χ4n) is 2.49. The summed E-state index contributed by atoms with van der Waals surface area (Å²) in [7, 11) is 0. The van der Waals surface area contributed by atoms with Crippen LogP contribution >= 0.6 is 24.8 Å². The Morgan fingerprint density at radius 1 is 1.25 bits per heavy atom. The molecule has 0 aliphatic carbocycles. The second kappa shape index (κ2) is 7.37. The molecule has 1 amide bonds. The van der Waals surface area contributed by atoms with Crippen LogP contribution < -0.4 is 10.1 Å². The van der Waals surface area contributed by atoms with Crippen molar-refractivity contribution in [1.82, 2.24) is 24.6 Å². The molecule has 0 saturated heterocycles. The van der Waals surface area contributed by atoms with Crippen LogP contribution in [0.1, 0.15) is 10.4 Å². The third-order valence-corrected chi connectivity index (χ3v) is 4.07. The highest BCUT2D eigenvalue weighted by atomic mass is 32.1. The first-order valence-electron chi connectivity index (χ1n) is 7.84. The minimum Gasteiger partial charge on any atom is -0.454 e. The van der Waals surface area contributed by atoms with E-state index in [1.807, 2.05) is 0 Å². The molecule has 4 aromatic rings. The van der Waals surface area contributed by atoms with Crippen LogP contribution in [0.15, 0.2) is 54.1 Å². The summed E-state index contributed by atoms with van der Waals surface area (Å²) in [6, 6.07) is 5.92. The molecule has 0 bridgehead atoms. The molecule has 0 radical (unpaired) electrons. The number of amides is 1. The smallest absolute Gasteiger partial charge is 0.260 e. The van der Waals surface area contributed by atoms with Crippen LogP contribution in [-0.4, -0.2) is 30.5 Å². The van der Waals surface area contributed by atoms with E-state index in [2.05, 4.69) is 38.0 Å². The monoisotopic (exact) mass is 414 g/mol. The van der Waals surface area contributed by atoms with E-state index in [9.17, 15) is 9.18 Å². The molecule has 0 aliphatic rings. The van der Waals surface area contributed by atoms with Crippen LogP contribution in [0.25, 0.3) is 5.65 Å². The molecule has 28 heavy (non-hydrogen) atoms. The molecule has 2 N–H and O–H groups in total. The third kappa shape index (κ3) is 3.85. The summed E-state index contributed by atoms with van der Waals surface area (Å²) in [6.07, 6.45) is 5.24. The maximum atomic E-state index is 13.3. The second-order valence-corrected chi connectivity index (χ2v) is 6.59. The Bertz CT molecular complexity index is 1260. The van der Waals surface area contributed by atoms with Crippen molar-refractivity contribution in [3.63, 3.8) is 0 Å². The maximum absolute atomic E-state index is 13.3. The van der Waals surface area contributed by atoms with Gasteiger partial charge in [-0.1, -0.05) is 12.2 Å². The molecule has 0 atom stereocenters. The van der Waals surface area contributed by atoms with Gasteiger partial charge >= 0.3 is 0 Å². The number of anilines is 1. The van der Waals surface area contributed by atoms with E-state index >= 15 is 0 Å². The van der Waals surface area contributed by atoms with Gasteiger partial charge in [-0.05, 0) is 18.2 Å². The normalized spacial score (nSPS) is 10.8. The molecule has 0 fully saturated rings. The zero-order chi connectivity index (χ0) is 19.7. The van der Waals surface area contributed by atoms with Crippen molar-refractivity contribution < 1.29 is 13.9 Å². The van der Waals surface area contributed by atoms with Crippen molar-refractivity contribution in [1.29, 1.82) is 0 Å². The minimum atomic E-state index is -0.542. The zero-order valence-electron chi connectivity index (χ0n) is 14.0. The lowest BCUT2D eigenvalue weighted by Gasteiger charge is -2.10. The Kier molecular flexibility index (Phi) is 4.75. The summed E-state index contributed by atoms with van der Waals surface area (Å²) in [5, 5.41) is 6.74. The minimum absolute atomic E-state index is 0.178. The van der Waals surface area contributed by atoms with Crippen LogP contribution in [0, 0.1) is 10.5 Å². The number of carbonyl (C=O) groups is 1. The van der Waals surface area contributed by atoms with Crippen LogP contribution in [0.3, 0.4) is 0 Å². The average Bonchev–Trinajstić information content (AvgIpc) is 3.08. The lowest BCUT2D eigenvalue weighted by atomic mass is 10.2. The van der Waals surface area contributed by atoms with Gasteiger partial charge in [0.15, 0.2) is 5.65 Å². The van der Waals surface area contributed by atoms with Gasteiger partial charge in [-0.2, -0.15) is 5.10 Å². The number of nitrogens with zero attached hydrogens (tertiary/aromatic N) is 4. The van der Waals surface area contributed by atoms with Gasteiger partial charge in [0, 0.05) is 11.0 Å². The van der Waals surface area contributed by atoms with Crippen molar-refractivity contribution in [2.45, 2.75) is 4.90 Å². The molecule has 0 aliphatic heterocycles. The molecule has 140 valence electrons. The Morgan fingerprint density at radius 2 is 2.11 bits per heavy atom. The highest BCUT2D eigenvalue weighted by Gasteiger charge is 2.16.